The number of aryl methyl sites for hydroxylation is 2. The first kappa shape index (κ1) is 26.4. The molecule has 5 rings (SSSR count). The van der Waals surface area contributed by atoms with E-state index in [2.05, 4.69) is 17.1 Å². The Balaban J connectivity index is 1.32. The Morgan fingerprint density at radius 1 is 1.00 bits per heavy atom. The van der Waals surface area contributed by atoms with Crippen LogP contribution >= 0.6 is 11.3 Å². The molecule has 2 aromatic carbocycles. The Labute approximate surface area is 229 Å². The predicted octanol–water partition coefficient (Wildman–Crippen LogP) is 5.99. The van der Waals surface area contributed by atoms with Gasteiger partial charge in [-0.05, 0) is 63.1 Å². The van der Waals surface area contributed by atoms with Crippen molar-refractivity contribution in [2.45, 2.75) is 52.4 Å². The molecule has 0 unspecified atom stereocenters. The van der Waals surface area contributed by atoms with Gasteiger partial charge in [0.1, 0.15) is 18.1 Å². The van der Waals surface area contributed by atoms with E-state index in [4.69, 9.17) is 4.74 Å². The summed E-state index contributed by atoms with van der Waals surface area (Å²) in [6, 6.07) is 18.3. The number of benzene rings is 2. The van der Waals surface area contributed by atoms with E-state index in [0.717, 1.165) is 46.9 Å². The molecule has 0 N–H and O–H groups in total. The first-order valence-corrected chi connectivity index (χ1v) is 14.6. The monoisotopic (exact) mass is 531 g/mol. The summed E-state index contributed by atoms with van der Waals surface area (Å²) >= 11 is 1.56. The van der Waals surface area contributed by atoms with Crippen LogP contribution in [0.5, 0.6) is 5.75 Å². The number of hydrogen-bond donors (Lipinski definition) is 0. The smallest absolute Gasteiger partial charge is 0.273 e. The second kappa shape index (κ2) is 11.7. The summed E-state index contributed by atoms with van der Waals surface area (Å²) in [5.41, 5.74) is 2.37. The minimum Gasteiger partial charge on any atom is -0.491 e. The number of piperidine rings is 1. The maximum Gasteiger partial charge on any atom is 0.273 e. The van der Waals surface area contributed by atoms with E-state index in [1.54, 1.807) is 11.3 Å². The highest BCUT2D eigenvalue weighted by Gasteiger charge is 2.44. The van der Waals surface area contributed by atoms with Gasteiger partial charge in [-0.3, -0.25) is 9.59 Å². The SMILES string of the molecule is CCN1CCOc2ccccc2CCCCC2(CCN(C(=O)c3nc(C)sc3-c3ccccc3)CC2)C1=O. The lowest BCUT2D eigenvalue weighted by Gasteiger charge is -2.43. The van der Waals surface area contributed by atoms with Crippen LogP contribution in [0.4, 0.5) is 0 Å². The third-order valence-corrected chi connectivity index (χ3v) is 9.07. The molecule has 0 saturated carbocycles. The zero-order valence-electron chi connectivity index (χ0n) is 22.4. The van der Waals surface area contributed by atoms with Crippen molar-refractivity contribution in [2.24, 2.45) is 5.41 Å². The molecule has 0 radical (unpaired) electrons. The van der Waals surface area contributed by atoms with Crippen LogP contribution in [-0.2, 0) is 11.2 Å². The zero-order valence-corrected chi connectivity index (χ0v) is 23.3. The molecule has 1 spiro atoms. The molecule has 38 heavy (non-hydrogen) atoms. The molecule has 2 aliphatic heterocycles. The van der Waals surface area contributed by atoms with Gasteiger partial charge in [-0.15, -0.1) is 11.3 Å². The molecular weight excluding hydrogens is 494 g/mol. The summed E-state index contributed by atoms with van der Waals surface area (Å²) < 4.78 is 6.11. The lowest BCUT2D eigenvalue weighted by Crippen LogP contribution is -2.52. The van der Waals surface area contributed by atoms with Gasteiger partial charge in [-0.1, -0.05) is 55.0 Å². The molecule has 6 nitrogen and oxygen atoms in total. The van der Waals surface area contributed by atoms with Crippen molar-refractivity contribution in [3.63, 3.8) is 0 Å². The maximum atomic E-state index is 14.0. The van der Waals surface area contributed by atoms with Gasteiger partial charge >= 0.3 is 0 Å². The minimum atomic E-state index is -0.425. The molecule has 7 heteroatoms. The topological polar surface area (TPSA) is 62.7 Å². The van der Waals surface area contributed by atoms with Gasteiger partial charge < -0.3 is 14.5 Å². The third kappa shape index (κ3) is 5.48. The van der Waals surface area contributed by atoms with Crippen molar-refractivity contribution in [1.29, 1.82) is 0 Å². The number of carbonyl (C=O) groups is 2. The summed E-state index contributed by atoms with van der Waals surface area (Å²) in [5.74, 6) is 1.13. The lowest BCUT2D eigenvalue weighted by atomic mass is 9.73. The largest absolute Gasteiger partial charge is 0.491 e. The van der Waals surface area contributed by atoms with Gasteiger partial charge in [-0.2, -0.15) is 0 Å². The van der Waals surface area contributed by atoms with Crippen molar-refractivity contribution in [3.8, 4) is 16.2 Å². The zero-order chi connectivity index (χ0) is 26.5. The highest BCUT2D eigenvalue weighted by Crippen LogP contribution is 2.40. The van der Waals surface area contributed by atoms with Gasteiger partial charge in [0.05, 0.1) is 21.8 Å². The molecule has 0 atom stereocenters. The second-order valence-corrected chi connectivity index (χ2v) is 11.6. The van der Waals surface area contributed by atoms with Crippen LogP contribution in [0, 0.1) is 12.3 Å². The number of likely N-dealkylation sites (N-methyl/N-ethyl adjacent to an activating group) is 1. The fraction of sp³-hybridized carbons (Fsp3) is 0.452. The van der Waals surface area contributed by atoms with Gasteiger partial charge in [-0.25, -0.2) is 4.98 Å². The fourth-order valence-corrected chi connectivity index (χ4v) is 6.77. The van der Waals surface area contributed by atoms with Crippen LogP contribution in [0.3, 0.4) is 0 Å². The minimum absolute atomic E-state index is 0.0268. The number of ether oxygens (including phenoxy) is 1. The van der Waals surface area contributed by atoms with E-state index < -0.39 is 5.41 Å². The Morgan fingerprint density at radius 3 is 2.50 bits per heavy atom. The van der Waals surface area contributed by atoms with Crippen LogP contribution in [0.1, 0.15) is 60.1 Å². The average Bonchev–Trinajstić information content (AvgIpc) is 3.35. The predicted molar refractivity (Wildman–Crippen MR) is 152 cm³/mol. The molecule has 1 saturated heterocycles. The molecule has 1 fully saturated rings. The van der Waals surface area contributed by atoms with Crippen LogP contribution in [0.25, 0.3) is 10.4 Å². The summed E-state index contributed by atoms with van der Waals surface area (Å²) in [4.78, 5) is 37.0. The number of carbonyl (C=O) groups excluding carboxylic acids is 2. The average molecular weight is 532 g/mol. The number of hydrogen-bond acceptors (Lipinski definition) is 5. The maximum absolute atomic E-state index is 14.0. The number of para-hydroxylation sites is 1. The van der Waals surface area contributed by atoms with E-state index in [-0.39, 0.29) is 11.8 Å². The fourth-order valence-electron chi connectivity index (χ4n) is 5.85. The van der Waals surface area contributed by atoms with E-state index in [0.29, 0.717) is 51.3 Å². The van der Waals surface area contributed by atoms with Crippen molar-refractivity contribution < 1.29 is 14.3 Å². The molecule has 2 amide bonds. The molecule has 3 aromatic rings. The van der Waals surface area contributed by atoms with E-state index >= 15 is 0 Å². The van der Waals surface area contributed by atoms with Gasteiger partial charge in [0.15, 0.2) is 0 Å². The molecule has 1 aromatic heterocycles. The highest BCUT2D eigenvalue weighted by atomic mass is 32.1. The lowest BCUT2D eigenvalue weighted by molar-refractivity contribution is -0.145. The van der Waals surface area contributed by atoms with Crippen molar-refractivity contribution in [1.82, 2.24) is 14.8 Å². The molecule has 3 heterocycles. The molecule has 0 aliphatic carbocycles. The molecular formula is C31H37N3O3S. The highest BCUT2D eigenvalue weighted by molar-refractivity contribution is 7.15. The molecule has 2 aliphatic rings. The van der Waals surface area contributed by atoms with Crippen LogP contribution in [0.2, 0.25) is 0 Å². The van der Waals surface area contributed by atoms with Crippen molar-refractivity contribution in [3.05, 3.63) is 70.9 Å². The number of aromatic nitrogens is 1. The van der Waals surface area contributed by atoms with E-state index in [1.165, 1.54) is 5.56 Å². The molecule has 200 valence electrons. The normalized spacial score (nSPS) is 18.3. The van der Waals surface area contributed by atoms with Crippen LogP contribution < -0.4 is 4.74 Å². The van der Waals surface area contributed by atoms with Crippen LogP contribution in [0.15, 0.2) is 54.6 Å². The number of likely N-dealkylation sites (tertiary alicyclic amines) is 1. The van der Waals surface area contributed by atoms with Crippen LogP contribution in [-0.4, -0.2) is 59.4 Å². The summed E-state index contributed by atoms with van der Waals surface area (Å²) in [6.07, 6.45) is 5.19. The van der Waals surface area contributed by atoms with Gasteiger partial charge in [0, 0.05) is 19.6 Å². The first-order valence-electron chi connectivity index (χ1n) is 13.8. The number of thiazole rings is 1. The quantitative estimate of drug-likeness (QED) is 0.416. The molecule has 0 bridgehead atoms. The Kier molecular flexibility index (Phi) is 8.12. The van der Waals surface area contributed by atoms with Crippen molar-refractivity contribution in [2.75, 3.05) is 32.8 Å². The number of rotatable bonds is 3. The van der Waals surface area contributed by atoms with E-state index in [9.17, 15) is 9.59 Å². The van der Waals surface area contributed by atoms with E-state index in [1.807, 2.05) is 66.1 Å². The standard InChI is InChI=1S/C31H37N3O3S/c1-3-33-21-22-37-26-15-8-7-11-24(26)12-9-10-16-31(30(33)36)17-19-34(20-18-31)29(35)27-28(38-23(2)32-27)25-13-5-4-6-14-25/h4-8,11,13-15H,3,9-10,12,16-22H2,1-2H3. The second-order valence-electron chi connectivity index (χ2n) is 10.4. The first-order chi connectivity index (χ1) is 18.5. The third-order valence-electron chi connectivity index (χ3n) is 8.05. The summed E-state index contributed by atoms with van der Waals surface area (Å²) in [6.45, 7) is 6.87. The van der Waals surface area contributed by atoms with Gasteiger partial charge in [0.2, 0.25) is 5.91 Å². The Hall–Kier alpha value is -3.19. The Bertz CT molecular complexity index is 1260. The summed E-state index contributed by atoms with van der Waals surface area (Å²) in [7, 11) is 0. The van der Waals surface area contributed by atoms with Gasteiger partial charge in [0.25, 0.3) is 5.91 Å². The number of fused-ring (bicyclic) bond motifs is 1. The van der Waals surface area contributed by atoms with Crippen molar-refractivity contribution >= 4 is 23.2 Å². The number of nitrogens with zero attached hydrogens (tertiary/aromatic N) is 3. The number of amides is 2. The Morgan fingerprint density at radius 2 is 1.74 bits per heavy atom. The summed E-state index contributed by atoms with van der Waals surface area (Å²) in [5, 5.41) is 0.887.